The number of carbonyl (C=O) groups is 2. The largest absolute Gasteiger partial charge is 0.441 e. The normalized spacial score (nSPS) is 12.9. The molecule has 0 saturated heterocycles. The van der Waals surface area contributed by atoms with Crippen molar-refractivity contribution >= 4 is 28.8 Å². The molecule has 35 heavy (non-hydrogen) atoms. The van der Waals surface area contributed by atoms with Crippen molar-refractivity contribution in [3.05, 3.63) is 93.1 Å². The summed E-state index contributed by atoms with van der Waals surface area (Å²) < 4.78 is 5.83. The van der Waals surface area contributed by atoms with E-state index in [1.807, 2.05) is 61.2 Å². The van der Waals surface area contributed by atoms with E-state index in [2.05, 4.69) is 21.7 Å². The lowest BCUT2D eigenvalue weighted by molar-refractivity contribution is -0.116. The molecule has 0 radical (unpaired) electrons. The van der Waals surface area contributed by atoms with E-state index in [-0.39, 0.29) is 18.2 Å². The Morgan fingerprint density at radius 3 is 2.77 bits per heavy atom. The summed E-state index contributed by atoms with van der Waals surface area (Å²) in [4.78, 5) is 33.5. The van der Waals surface area contributed by atoms with Crippen LogP contribution in [0.3, 0.4) is 0 Å². The van der Waals surface area contributed by atoms with Crippen LogP contribution in [0.4, 0.5) is 5.69 Å². The van der Waals surface area contributed by atoms with Crippen molar-refractivity contribution in [2.24, 2.45) is 0 Å². The molecule has 3 heterocycles. The Kier molecular flexibility index (Phi) is 6.51. The molecule has 1 aliphatic heterocycles. The summed E-state index contributed by atoms with van der Waals surface area (Å²) in [5.74, 6) is 1.07. The van der Waals surface area contributed by atoms with E-state index < -0.39 is 0 Å². The number of rotatable bonds is 6. The minimum Gasteiger partial charge on any atom is -0.441 e. The van der Waals surface area contributed by atoms with Gasteiger partial charge in [0.25, 0.3) is 5.91 Å². The van der Waals surface area contributed by atoms with Gasteiger partial charge in [-0.2, -0.15) is 0 Å². The van der Waals surface area contributed by atoms with Crippen molar-refractivity contribution in [1.82, 2.24) is 9.88 Å². The summed E-state index contributed by atoms with van der Waals surface area (Å²) in [6, 6.07) is 15.6. The van der Waals surface area contributed by atoms with E-state index in [0.29, 0.717) is 42.4 Å². The van der Waals surface area contributed by atoms with E-state index in [1.54, 1.807) is 17.5 Å². The molecule has 178 valence electrons. The summed E-state index contributed by atoms with van der Waals surface area (Å²) in [6.45, 7) is 5.26. The number of aryl methyl sites for hydroxylation is 2. The number of hydrogen-bond donors (Lipinski definition) is 1. The molecule has 4 aromatic rings. The lowest BCUT2D eigenvalue weighted by Crippen LogP contribution is -2.35. The van der Waals surface area contributed by atoms with Gasteiger partial charge in [0.15, 0.2) is 11.7 Å². The molecule has 5 rings (SSSR count). The molecular weight excluding hydrogens is 458 g/mol. The molecule has 1 aliphatic rings. The lowest BCUT2D eigenvalue weighted by Gasteiger charge is -2.28. The second-order valence-corrected chi connectivity index (χ2v) is 9.86. The number of anilines is 1. The van der Waals surface area contributed by atoms with Gasteiger partial charge in [0.1, 0.15) is 0 Å². The highest BCUT2D eigenvalue weighted by atomic mass is 32.1. The number of benzene rings is 2. The molecule has 1 N–H and O–H groups in total. The van der Waals surface area contributed by atoms with E-state index in [0.717, 1.165) is 17.5 Å². The van der Waals surface area contributed by atoms with Crippen LogP contribution in [0.2, 0.25) is 0 Å². The molecule has 0 fully saturated rings. The number of fused-ring (bicyclic) bond motifs is 1. The minimum atomic E-state index is -0.145. The average Bonchev–Trinajstić information content (AvgIpc) is 3.53. The topological polar surface area (TPSA) is 75.4 Å². The smallest absolute Gasteiger partial charge is 0.254 e. The first-order valence-corrected chi connectivity index (χ1v) is 12.6. The van der Waals surface area contributed by atoms with Gasteiger partial charge in [-0.15, -0.1) is 11.3 Å². The Labute approximate surface area is 208 Å². The summed E-state index contributed by atoms with van der Waals surface area (Å²) >= 11 is 1.75. The molecule has 0 atom stereocenters. The average molecular weight is 486 g/mol. The van der Waals surface area contributed by atoms with E-state index in [4.69, 9.17) is 4.42 Å². The number of hydrogen-bond acceptors (Lipinski definition) is 5. The van der Waals surface area contributed by atoms with Gasteiger partial charge in [0.2, 0.25) is 5.91 Å². The number of nitrogens with one attached hydrogen (secondary N) is 1. The van der Waals surface area contributed by atoms with Crippen LogP contribution >= 0.6 is 11.3 Å². The number of carbonyl (C=O) groups excluding carboxylic acids is 2. The molecule has 0 saturated carbocycles. The van der Waals surface area contributed by atoms with Gasteiger partial charge in [-0.25, -0.2) is 4.98 Å². The maximum Gasteiger partial charge on any atom is 0.254 e. The molecular formula is C28H27N3O3S. The fourth-order valence-electron chi connectivity index (χ4n) is 4.31. The standard InChI is InChI=1S/C28H27N3O3S/c1-18-6-8-20(9-7-18)24-16-29-27(34-24)11-10-26(32)30-23-5-3-4-22(19(23)2)28(33)31-14-12-25-21(17-31)13-15-35-25/h3-9,13,15-16H,10-12,14,17H2,1-2H3,(H,30,32). The number of oxazole rings is 1. The lowest BCUT2D eigenvalue weighted by atomic mass is 10.0. The van der Waals surface area contributed by atoms with Gasteiger partial charge in [-0.1, -0.05) is 35.9 Å². The Balaban J connectivity index is 1.21. The number of aromatic nitrogens is 1. The van der Waals surface area contributed by atoms with Gasteiger partial charge >= 0.3 is 0 Å². The van der Waals surface area contributed by atoms with Crippen LogP contribution in [0.1, 0.15) is 44.2 Å². The number of amides is 2. The van der Waals surface area contributed by atoms with Gasteiger partial charge in [0.05, 0.1) is 6.20 Å². The zero-order chi connectivity index (χ0) is 24.4. The molecule has 6 nitrogen and oxygen atoms in total. The van der Waals surface area contributed by atoms with E-state index >= 15 is 0 Å². The summed E-state index contributed by atoms with van der Waals surface area (Å²) in [5.41, 5.74) is 5.42. The first kappa shape index (κ1) is 23.1. The van der Waals surface area contributed by atoms with Gasteiger partial charge in [-0.05, 0) is 55.0 Å². The molecule has 7 heteroatoms. The molecule has 2 aromatic heterocycles. The molecule has 0 aliphatic carbocycles. The Bertz CT molecular complexity index is 1370. The van der Waals surface area contributed by atoms with Crippen molar-refractivity contribution in [3.8, 4) is 11.3 Å². The molecule has 0 unspecified atom stereocenters. The Morgan fingerprint density at radius 1 is 1.11 bits per heavy atom. The predicted octanol–water partition coefficient (Wildman–Crippen LogP) is 5.79. The second-order valence-electron chi connectivity index (χ2n) is 8.86. The third-order valence-electron chi connectivity index (χ3n) is 6.39. The minimum absolute atomic E-state index is 0.00105. The molecule has 0 spiro atoms. The van der Waals surface area contributed by atoms with Crippen LogP contribution < -0.4 is 5.32 Å². The SMILES string of the molecule is Cc1ccc(-c2cnc(CCC(=O)Nc3cccc(C(=O)N4CCc5sccc5C4)c3C)o2)cc1. The fourth-order valence-corrected chi connectivity index (χ4v) is 5.19. The highest BCUT2D eigenvalue weighted by Crippen LogP contribution is 2.27. The Morgan fingerprint density at radius 2 is 1.94 bits per heavy atom. The highest BCUT2D eigenvalue weighted by Gasteiger charge is 2.24. The van der Waals surface area contributed by atoms with Crippen LogP contribution in [-0.2, 0) is 24.2 Å². The number of thiophene rings is 1. The van der Waals surface area contributed by atoms with Crippen molar-refractivity contribution in [2.45, 2.75) is 39.7 Å². The monoisotopic (exact) mass is 485 g/mol. The van der Waals surface area contributed by atoms with Gasteiger partial charge < -0.3 is 14.6 Å². The summed E-state index contributed by atoms with van der Waals surface area (Å²) in [5, 5.41) is 5.04. The van der Waals surface area contributed by atoms with Crippen LogP contribution in [0.25, 0.3) is 11.3 Å². The van der Waals surface area contributed by atoms with Crippen LogP contribution in [0.15, 0.2) is 64.5 Å². The maximum absolute atomic E-state index is 13.2. The first-order chi connectivity index (χ1) is 17.0. The van der Waals surface area contributed by atoms with Crippen molar-refractivity contribution in [2.75, 3.05) is 11.9 Å². The highest BCUT2D eigenvalue weighted by molar-refractivity contribution is 7.10. The third kappa shape index (κ3) is 5.05. The number of nitrogens with zero attached hydrogens (tertiary/aromatic N) is 2. The Hall–Kier alpha value is -3.71. The fraction of sp³-hybridized carbons (Fsp3) is 0.250. The van der Waals surface area contributed by atoms with Crippen molar-refractivity contribution in [1.29, 1.82) is 0 Å². The second kappa shape index (κ2) is 9.88. The van der Waals surface area contributed by atoms with Gasteiger partial charge in [0, 0.05) is 47.6 Å². The summed E-state index contributed by atoms with van der Waals surface area (Å²) in [7, 11) is 0. The molecule has 2 aromatic carbocycles. The first-order valence-electron chi connectivity index (χ1n) is 11.7. The van der Waals surface area contributed by atoms with Crippen LogP contribution in [-0.4, -0.2) is 28.2 Å². The molecule has 0 bridgehead atoms. The van der Waals surface area contributed by atoms with Crippen LogP contribution in [0, 0.1) is 13.8 Å². The zero-order valence-electron chi connectivity index (χ0n) is 19.8. The van der Waals surface area contributed by atoms with Crippen molar-refractivity contribution in [3.63, 3.8) is 0 Å². The third-order valence-corrected chi connectivity index (χ3v) is 7.41. The van der Waals surface area contributed by atoms with E-state index in [1.165, 1.54) is 16.0 Å². The van der Waals surface area contributed by atoms with Crippen LogP contribution in [0.5, 0.6) is 0 Å². The maximum atomic E-state index is 13.2. The molecule has 2 amide bonds. The van der Waals surface area contributed by atoms with Crippen molar-refractivity contribution < 1.29 is 14.0 Å². The zero-order valence-corrected chi connectivity index (χ0v) is 20.7. The predicted molar refractivity (Wildman–Crippen MR) is 138 cm³/mol. The van der Waals surface area contributed by atoms with Gasteiger partial charge in [-0.3, -0.25) is 9.59 Å². The van der Waals surface area contributed by atoms with E-state index in [9.17, 15) is 9.59 Å². The summed E-state index contributed by atoms with van der Waals surface area (Å²) in [6.07, 6.45) is 3.21. The quantitative estimate of drug-likeness (QED) is 0.375.